The average molecular weight is 402 g/mol. The Hall–Kier alpha value is -3.96. The lowest BCUT2D eigenvalue weighted by molar-refractivity contribution is 0.775. The summed E-state index contributed by atoms with van der Waals surface area (Å²) in [6.45, 7) is 0.276. The molecule has 3 aromatic heterocycles. The number of nitrogens with one attached hydrogen (secondary N) is 1. The van der Waals surface area contributed by atoms with Crippen molar-refractivity contribution in [1.82, 2.24) is 29.1 Å². The van der Waals surface area contributed by atoms with Gasteiger partial charge in [0, 0.05) is 5.02 Å². The molecule has 140 valence electrons. The minimum absolute atomic E-state index is 0.276. The molecule has 5 aromatic rings. The van der Waals surface area contributed by atoms with Crippen molar-refractivity contribution in [2.45, 2.75) is 6.54 Å². The number of nitrogens with zero attached hydrogens (tertiary/aromatic N) is 6. The molecule has 0 fully saturated rings. The Morgan fingerprint density at radius 2 is 2.03 bits per heavy atom. The first kappa shape index (κ1) is 17.2. The summed E-state index contributed by atoms with van der Waals surface area (Å²) in [7, 11) is 0. The lowest BCUT2D eigenvalue weighted by Crippen LogP contribution is -2.18. The minimum atomic E-state index is -0.298. The molecule has 8 nitrogen and oxygen atoms in total. The van der Waals surface area contributed by atoms with Gasteiger partial charge in [0.25, 0.3) is 0 Å². The van der Waals surface area contributed by atoms with Crippen molar-refractivity contribution in [3.63, 3.8) is 0 Å². The number of H-pyrrole nitrogens is 1. The number of aromatic amines is 1. The number of rotatable bonds is 3. The van der Waals surface area contributed by atoms with Gasteiger partial charge < -0.3 is 4.98 Å². The molecular formula is C20H12ClN7O. The fraction of sp³-hybridized carbons (Fsp3) is 0.0500. The van der Waals surface area contributed by atoms with Gasteiger partial charge in [-0.3, -0.25) is 9.13 Å². The summed E-state index contributed by atoms with van der Waals surface area (Å²) < 4.78 is 3.20. The van der Waals surface area contributed by atoms with Gasteiger partial charge in [0.15, 0.2) is 5.65 Å². The number of hydrogen-bond donors (Lipinski definition) is 1. The molecule has 0 saturated carbocycles. The SMILES string of the molecule is N#Cc1ccc2ncn(-c3ncc4[nH]c(=O)n(Cc5ccccc5Cl)c4n3)c2c1. The standard InChI is InChI=1S/C20H12ClN7O/c21-14-4-2-1-3-13(14)10-27-18-16(25-20(27)29)9-23-19(26-18)28-11-24-15-6-5-12(8-22)7-17(15)28/h1-7,9,11H,10H2,(H,25,29). The van der Waals surface area contributed by atoms with E-state index in [9.17, 15) is 10.1 Å². The molecule has 0 spiro atoms. The average Bonchev–Trinajstić information content (AvgIpc) is 3.29. The van der Waals surface area contributed by atoms with E-state index in [1.54, 1.807) is 41.4 Å². The van der Waals surface area contributed by atoms with E-state index in [1.165, 1.54) is 4.57 Å². The van der Waals surface area contributed by atoms with Crippen LogP contribution in [0.4, 0.5) is 0 Å². The van der Waals surface area contributed by atoms with Crippen molar-refractivity contribution in [3.8, 4) is 12.0 Å². The number of hydrogen-bond acceptors (Lipinski definition) is 5. The van der Waals surface area contributed by atoms with Gasteiger partial charge in [-0.15, -0.1) is 0 Å². The van der Waals surface area contributed by atoms with E-state index in [1.807, 2.05) is 18.2 Å². The van der Waals surface area contributed by atoms with Gasteiger partial charge in [0.2, 0.25) is 5.95 Å². The fourth-order valence-corrected chi connectivity index (χ4v) is 3.43. The first-order valence-corrected chi connectivity index (χ1v) is 9.08. The Bertz CT molecular complexity index is 1490. The van der Waals surface area contributed by atoms with Gasteiger partial charge >= 0.3 is 5.69 Å². The van der Waals surface area contributed by atoms with Crippen LogP contribution >= 0.6 is 11.6 Å². The molecule has 0 radical (unpaired) electrons. The topological polar surface area (TPSA) is 105 Å². The predicted octanol–water partition coefficient (Wildman–Crippen LogP) is 3.03. The van der Waals surface area contributed by atoms with Crippen LogP contribution in [0, 0.1) is 11.3 Å². The highest BCUT2D eigenvalue weighted by atomic mass is 35.5. The van der Waals surface area contributed by atoms with Crippen LogP contribution in [0.25, 0.3) is 28.1 Å². The zero-order chi connectivity index (χ0) is 20.0. The number of halogens is 1. The third-order valence-corrected chi connectivity index (χ3v) is 5.05. The van der Waals surface area contributed by atoms with E-state index in [2.05, 4.69) is 26.0 Å². The zero-order valence-electron chi connectivity index (χ0n) is 14.9. The molecule has 0 atom stereocenters. The Labute approximate surface area is 168 Å². The van der Waals surface area contributed by atoms with Crippen LogP contribution in [0.2, 0.25) is 5.02 Å². The van der Waals surface area contributed by atoms with Crippen molar-refractivity contribution >= 4 is 33.8 Å². The molecule has 2 aromatic carbocycles. The smallest absolute Gasteiger partial charge is 0.303 e. The van der Waals surface area contributed by atoms with Crippen LogP contribution in [-0.2, 0) is 6.54 Å². The Balaban J connectivity index is 1.67. The van der Waals surface area contributed by atoms with Crippen LogP contribution in [0.3, 0.4) is 0 Å². The van der Waals surface area contributed by atoms with Gasteiger partial charge in [-0.2, -0.15) is 10.2 Å². The summed E-state index contributed by atoms with van der Waals surface area (Å²) in [6, 6.07) is 14.7. The van der Waals surface area contributed by atoms with E-state index in [4.69, 9.17) is 11.6 Å². The summed E-state index contributed by atoms with van der Waals surface area (Å²) in [6.07, 6.45) is 3.15. The number of aromatic nitrogens is 6. The molecule has 0 saturated heterocycles. The third-order valence-electron chi connectivity index (χ3n) is 4.68. The van der Waals surface area contributed by atoms with Crippen LogP contribution in [0.15, 0.2) is 59.8 Å². The lowest BCUT2D eigenvalue weighted by Gasteiger charge is -2.07. The molecule has 1 N–H and O–H groups in total. The van der Waals surface area contributed by atoms with Crippen LogP contribution in [0.5, 0.6) is 0 Å². The van der Waals surface area contributed by atoms with E-state index in [0.717, 1.165) is 11.1 Å². The Morgan fingerprint density at radius 1 is 1.17 bits per heavy atom. The molecular weight excluding hydrogens is 390 g/mol. The minimum Gasteiger partial charge on any atom is -0.303 e. The van der Waals surface area contributed by atoms with Gasteiger partial charge in [-0.05, 0) is 29.8 Å². The number of benzene rings is 2. The monoisotopic (exact) mass is 401 g/mol. The number of nitriles is 1. The highest BCUT2D eigenvalue weighted by molar-refractivity contribution is 6.31. The highest BCUT2D eigenvalue weighted by Crippen LogP contribution is 2.20. The summed E-state index contributed by atoms with van der Waals surface area (Å²) in [5, 5.41) is 9.75. The first-order chi connectivity index (χ1) is 14.1. The normalized spacial score (nSPS) is 11.2. The summed E-state index contributed by atoms with van der Waals surface area (Å²) in [5.74, 6) is 0.349. The first-order valence-electron chi connectivity index (χ1n) is 8.70. The maximum Gasteiger partial charge on any atom is 0.328 e. The maximum absolute atomic E-state index is 12.5. The van der Waals surface area contributed by atoms with Crippen molar-refractivity contribution in [2.75, 3.05) is 0 Å². The second-order valence-electron chi connectivity index (χ2n) is 6.44. The molecule has 9 heteroatoms. The zero-order valence-corrected chi connectivity index (χ0v) is 15.6. The molecule has 5 rings (SSSR count). The third kappa shape index (κ3) is 2.85. The molecule has 0 aliphatic rings. The molecule has 29 heavy (non-hydrogen) atoms. The van der Waals surface area contributed by atoms with E-state index >= 15 is 0 Å². The predicted molar refractivity (Wildman–Crippen MR) is 108 cm³/mol. The molecule has 3 heterocycles. The van der Waals surface area contributed by atoms with Crippen LogP contribution < -0.4 is 5.69 Å². The maximum atomic E-state index is 12.5. The van der Waals surface area contributed by atoms with Crippen molar-refractivity contribution in [2.24, 2.45) is 0 Å². The van der Waals surface area contributed by atoms with Gasteiger partial charge in [-0.1, -0.05) is 29.8 Å². The van der Waals surface area contributed by atoms with Gasteiger partial charge in [-0.25, -0.2) is 14.8 Å². The number of fused-ring (bicyclic) bond motifs is 2. The van der Waals surface area contributed by atoms with E-state index in [-0.39, 0.29) is 12.2 Å². The molecule has 0 aliphatic heterocycles. The molecule has 0 aliphatic carbocycles. The van der Waals surface area contributed by atoms with Crippen LogP contribution in [-0.4, -0.2) is 29.1 Å². The van der Waals surface area contributed by atoms with Crippen molar-refractivity contribution in [1.29, 1.82) is 5.26 Å². The Kier molecular flexibility index (Phi) is 3.89. The largest absolute Gasteiger partial charge is 0.328 e. The summed E-state index contributed by atoms with van der Waals surface area (Å²) >= 11 is 6.25. The van der Waals surface area contributed by atoms with Crippen LogP contribution in [0.1, 0.15) is 11.1 Å². The molecule has 0 unspecified atom stereocenters. The fourth-order valence-electron chi connectivity index (χ4n) is 3.23. The highest BCUT2D eigenvalue weighted by Gasteiger charge is 2.14. The van der Waals surface area contributed by atoms with Gasteiger partial charge in [0.1, 0.15) is 11.8 Å². The number of imidazole rings is 2. The molecule has 0 bridgehead atoms. The van der Waals surface area contributed by atoms with Crippen molar-refractivity contribution < 1.29 is 0 Å². The second kappa shape index (κ2) is 6.58. The Morgan fingerprint density at radius 3 is 2.86 bits per heavy atom. The van der Waals surface area contributed by atoms with E-state index < -0.39 is 0 Å². The van der Waals surface area contributed by atoms with Crippen molar-refractivity contribution in [3.05, 3.63) is 81.6 Å². The molecule has 0 amide bonds. The second-order valence-corrected chi connectivity index (χ2v) is 6.85. The van der Waals surface area contributed by atoms with Gasteiger partial charge in [0.05, 0.1) is 35.4 Å². The lowest BCUT2D eigenvalue weighted by atomic mass is 10.2. The summed E-state index contributed by atoms with van der Waals surface area (Å²) in [5.41, 5.74) is 3.43. The van der Waals surface area contributed by atoms with E-state index in [0.29, 0.717) is 33.2 Å². The summed E-state index contributed by atoms with van der Waals surface area (Å²) in [4.78, 5) is 28.5. The quantitative estimate of drug-likeness (QED) is 0.500.